The second-order valence-electron chi connectivity index (χ2n) is 4.22. The van der Waals surface area contributed by atoms with Crippen LogP contribution in [0.2, 0.25) is 0 Å². The van der Waals surface area contributed by atoms with Crippen LogP contribution in [-0.2, 0) is 5.60 Å². The van der Waals surface area contributed by atoms with Crippen molar-refractivity contribution in [2.45, 2.75) is 31.8 Å². The highest BCUT2D eigenvalue weighted by atomic mass is 19.1. The van der Waals surface area contributed by atoms with Crippen LogP contribution in [0.5, 0.6) is 0 Å². The molecule has 14 heavy (non-hydrogen) atoms. The molecule has 2 heteroatoms. The third-order valence-corrected chi connectivity index (χ3v) is 3.35. The van der Waals surface area contributed by atoms with Gasteiger partial charge in [0.05, 0.1) is 5.60 Å². The lowest BCUT2D eigenvalue weighted by Gasteiger charge is -2.28. The molecule has 0 heterocycles. The minimum absolute atomic E-state index is 0.247. The molecule has 1 nitrogen and oxygen atoms in total. The van der Waals surface area contributed by atoms with E-state index in [0.717, 1.165) is 24.8 Å². The van der Waals surface area contributed by atoms with Crippen LogP contribution in [0, 0.1) is 11.7 Å². The number of aliphatic hydroxyl groups is 1. The molecule has 0 aliphatic heterocycles. The van der Waals surface area contributed by atoms with Gasteiger partial charge in [0, 0.05) is 0 Å². The monoisotopic (exact) mass is 194 g/mol. The molecule has 2 rings (SSSR count). The van der Waals surface area contributed by atoms with Gasteiger partial charge in [0.1, 0.15) is 5.82 Å². The van der Waals surface area contributed by atoms with E-state index >= 15 is 0 Å². The van der Waals surface area contributed by atoms with Crippen molar-refractivity contribution in [3.63, 3.8) is 0 Å². The minimum atomic E-state index is -0.728. The maximum Gasteiger partial charge on any atom is 0.123 e. The molecule has 1 saturated carbocycles. The molecule has 0 amide bonds. The van der Waals surface area contributed by atoms with E-state index in [0.29, 0.717) is 0 Å². The van der Waals surface area contributed by atoms with E-state index in [1.165, 1.54) is 12.1 Å². The van der Waals surface area contributed by atoms with E-state index in [-0.39, 0.29) is 11.7 Å². The molecule has 76 valence electrons. The summed E-state index contributed by atoms with van der Waals surface area (Å²) in [5.41, 5.74) is 0.122. The number of benzene rings is 1. The fourth-order valence-electron chi connectivity index (χ4n) is 2.33. The summed E-state index contributed by atoms with van der Waals surface area (Å²) in [6.07, 6.45) is 2.89. The van der Waals surface area contributed by atoms with Gasteiger partial charge >= 0.3 is 0 Å². The molecule has 0 saturated heterocycles. The molecule has 1 aliphatic rings. The lowest BCUT2D eigenvalue weighted by Crippen LogP contribution is -2.28. The largest absolute Gasteiger partial charge is 0.385 e. The maximum absolute atomic E-state index is 12.7. The highest BCUT2D eigenvalue weighted by molar-refractivity contribution is 5.24. The van der Waals surface area contributed by atoms with Gasteiger partial charge in [-0.15, -0.1) is 0 Å². The molecule has 1 aromatic rings. The van der Waals surface area contributed by atoms with Crippen molar-refractivity contribution < 1.29 is 9.50 Å². The van der Waals surface area contributed by atoms with Gasteiger partial charge < -0.3 is 5.11 Å². The summed E-state index contributed by atoms with van der Waals surface area (Å²) in [7, 11) is 0. The van der Waals surface area contributed by atoms with Crippen molar-refractivity contribution in [1.82, 2.24) is 0 Å². The van der Waals surface area contributed by atoms with Gasteiger partial charge in [0.2, 0.25) is 0 Å². The van der Waals surface area contributed by atoms with Crippen LogP contribution in [0.3, 0.4) is 0 Å². The number of hydrogen-bond donors (Lipinski definition) is 1. The third kappa shape index (κ3) is 1.44. The van der Waals surface area contributed by atoms with Gasteiger partial charge in [-0.2, -0.15) is 0 Å². The van der Waals surface area contributed by atoms with E-state index in [1.807, 2.05) is 0 Å². The second-order valence-corrected chi connectivity index (χ2v) is 4.22. The topological polar surface area (TPSA) is 20.2 Å². The van der Waals surface area contributed by atoms with Gasteiger partial charge in [0.15, 0.2) is 0 Å². The zero-order valence-corrected chi connectivity index (χ0v) is 8.33. The van der Waals surface area contributed by atoms with Crippen LogP contribution in [0.1, 0.15) is 31.7 Å². The summed E-state index contributed by atoms with van der Waals surface area (Å²) in [6, 6.07) is 6.21. The quantitative estimate of drug-likeness (QED) is 0.728. The van der Waals surface area contributed by atoms with Crippen LogP contribution < -0.4 is 0 Å². The number of rotatable bonds is 1. The van der Waals surface area contributed by atoms with Crippen molar-refractivity contribution >= 4 is 0 Å². The highest BCUT2D eigenvalue weighted by Crippen LogP contribution is 2.43. The summed E-state index contributed by atoms with van der Waals surface area (Å²) in [5.74, 6) is 0.0240. The van der Waals surface area contributed by atoms with Crippen LogP contribution in [0.15, 0.2) is 24.3 Å². The van der Waals surface area contributed by atoms with Crippen molar-refractivity contribution in [2.75, 3.05) is 0 Å². The number of hydrogen-bond acceptors (Lipinski definition) is 1. The molecular formula is C12H15FO. The summed E-state index contributed by atoms with van der Waals surface area (Å²) in [6.45, 7) is 2.05. The van der Waals surface area contributed by atoms with E-state index in [9.17, 15) is 9.50 Å². The zero-order valence-electron chi connectivity index (χ0n) is 8.33. The fourth-order valence-corrected chi connectivity index (χ4v) is 2.33. The lowest BCUT2D eigenvalue weighted by atomic mass is 9.85. The molecule has 0 bridgehead atoms. The van der Waals surface area contributed by atoms with Crippen LogP contribution in [0.25, 0.3) is 0 Å². The molecule has 0 aromatic heterocycles. The Kier molecular flexibility index (Phi) is 2.31. The van der Waals surface area contributed by atoms with E-state index < -0.39 is 5.60 Å². The summed E-state index contributed by atoms with van der Waals surface area (Å²) in [5, 5.41) is 10.4. The van der Waals surface area contributed by atoms with Gasteiger partial charge in [-0.25, -0.2) is 4.39 Å². The molecule has 1 fully saturated rings. The first-order chi connectivity index (χ1) is 6.63. The summed E-state index contributed by atoms with van der Waals surface area (Å²) >= 11 is 0. The van der Waals surface area contributed by atoms with E-state index in [2.05, 4.69) is 6.92 Å². The first kappa shape index (κ1) is 9.66. The smallest absolute Gasteiger partial charge is 0.123 e. The third-order valence-electron chi connectivity index (χ3n) is 3.35. The van der Waals surface area contributed by atoms with Gasteiger partial charge in [-0.05, 0) is 42.9 Å². The highest BCUT2D eigenvalue weighted by Gasteiger charge is 2.39. The molecule has 0 radical (unpaired) electrons. The summed E-state index contributed by atoms with van der Waals surface area (Å²) in [4.78, 5) is 0. The molecular weight excluding hydrogens is 179 g/mol. The Morgan fingerprint density at radius 3 is 2.50 bits per heavy atom. The van der Waals surface area contributed by atoms with Gasteiger partial charge in [-0.3, -0.25) is 0 Å². The first-order valence-electron chi connectivity index (χ1n) is 5.11. The van der Waals surface area contributed by atoms with Gasteiger partial charge in [-0.1, -0.05) is 19.1 Å². The molecule has 0 spiro atoms. The van der Waals surface area contributed by atoms with Crippen molar-refractivity contribution in [3.05, 3.63) is 35.6 Å². The lowest BCUT2D eigenvalue weighted by molar-refractivity contribution is 0.00444. The second kappa shape index (κ2) is 3.35. The fraction of sp³-hybridized carbons (Fsp3) is 0.500. The average molecular weight is 194 g/mol. The van der Waals surface area contributed by atoms with Gasteiger partial charge in [0.25, 0.3) is 0 Å². The van der Waals surface area contributed by atoms with Crippen molar-refractivity contribution in [3.8, 4) is 0 Å². The van der Waals surface area contributed by atoms with Crippen LogP contribution in [-0.4, -0.2) is 5.11 Å². The van der Waals surface area contributed by atoms with E-state index in [4.69, 9.17) is 0 Å². The Hall–Kier alpha value is -0.890. The molecule has 1 aromatic carbocycles. The predicted octanol–water partition coefficient (Wildman–Crippen LogP) is 2.83. The molecule has 2 unspecified atom stereocenters. The first-order valence-corrected chi connectivity index (χ1v) is 5.11. The maximum atomic E-state index is 12.7. The standard InChI is InChI=1S/C12H15FO/c1-9-3-2-8-12(9,14)10-4-6-11(13)7-5-10/h4-7,9,14H,2-3,8H2,1H3. The van der Waals surface area contributed by atoms with Crippen LogP contribution >= 0.6 is 0 Å². The molecule has 1 aliphatic carbocycles. The number of halogens is 1. The SMILES string of the molecule is CC1CCCC1(O)c1ccc(F)cc1. The molecule has 1 N–H and O–H groups in total. The Balaban J connectivity index is 2.34. The predicted molar refractivity (Wildman–Crippen MR) is 53.3 cm³/mol. The normalized spacial score (nSPS) is 32.1. The summed E-state index contributed by atoms with van der Waals surface area (Å²) < 4.78 is 12.7. The zero-order chi connectivity index (χ0) is 10.2. The Labute approximate surface area is 83.6 Å². The van der Waals surface area contributed by atoms with Crippen molar-refractivity contribution in [2.24, 2.45) is 5.92 Å². The Morgan fingerprint density at radius 1 is 1.36 bits per heavy atom. The molecule has 2 atom stereocenters. The minimum Gasteiger partial charge on any atom is -0.385 e. The Bertz CT molecular complexity index is 320. The van der Waals surface area contributed by atoms with E-state index in [1.54, 1.807) is 12.1 Å². The Morgan fingerprint density at radius 2 is 2.00 bits per heavy atom. The average Bonchev–Trinajstić information content (AvgIpc) is 2.49. The van der Waals surface area contributed by atoms with Crippen molar-refractivity contribution in [1.29, 1.82) is 0 Å². The van der Waals surface area contributed by atoms with Crippen LogP contribution in [0.4, 0.5) is 4.39 Å².